The zero-order valence-corrected chi connectivity index (χ0v) is 14.5. The van der Waals surface area contributed by atoms with Crippen molar-refractivity contribution >= 4 is 21.6 Å². The summed E-state index contributed by atoms with van der Waals surface area (Å²) in [5.41, 5.74) is 0.636. The van der Waals surface area contributed by atoms with E-state index in [-0.39, 0.29) is 36.3 Å². The zero-order valence-electron chi connectivity index (χ0n) is 13.7. The molecule has 2 aliphatic rings. The van der Waals surface area contributed by atoms with Gasteiger partial charge in [0.05, 0.1) is 35.8 Å². The third-order valence-electron chi connectivity index (χ3n) is 4.54. The molecule has 0 radical (unpaired) electrons. The number of hydrogen-bond acceptors (Lipinski definition) is 5. The van der Waals surface area contributed by atoms with E-state index in [1.807, 2.05) is 6.92 Å². The van der Waals surface area contributed by atoms with Crippen molar-refractivity contribution in [2.45, 2.75) is 38.4 Å². The molecule has 1 N–H and O–H groups in total. The number of aromatic nitrogens is 1. The van der Waals surface area contributed by atoms with E-state index in [1.54, 1.807) is 24.5 Å². The molecule has 3 heterocycles. The van der Waals surface area contributed by atoms with E-state index in [4.69, 9.17) is 4.74 Å². The van der Waals surface area contributed by atoms with E-state index in [2.05, 4.69) is 10.3 Å². The lowest BCUT2D eigenvalue weighted by Gasteiger charge is -2.32. The van der Waals surface area contributed by atoms with E-state index < -0.39 is 10.0 Å². The number of ether oxygens (including phenoxy) is 1. The van der Waals surface area contributed by atoms with Crippen LogP contribution in [0.25, 0.3) is 0 Å². The SMILES string of the molecule is CCCCS(=O)(=O)N1C[C@H]2C[C@H](C(=O)Nc3cccnc3)[C@@H](C1)O2. The Kier molecular flexibility index (Phi) is 5.17. The Labute approximate surface area is 142 Å². The zero-order chi connectivity index (χ0) is 17.2. The predicted octanol–water partition coefficient (Wildman–Crippen LogP) is 1.24. The molecule has 0 aromatic carbocycles. The van der Waals surface area contributed by atoms with Crippen LogP contribution in [0.1, 0.15) is 26.2 Å². The number of sulfonamides is 1. The number of pyridine rings is 1. The number of carbonyl (C=O) groups is 1. The van der Waals surface area contributed by atoms with Crippen LogP contribution < -0.4 is 5.32 Å². The van der Waals surface area contributed by atoms with Crippen molar-refractivity contribution in [3.63, 3.8) is 0 Å². The number of rotatable bonds is 6. The molecule has 1 aromatic rings. The summed E-state index contributed by atoms with van der Waals surface area (Å²) in [4.78, 5) is 16.5. The first-order valence-corrected chi connectivity index (χ1v) is 9.94. The number of hydrogen-bond donors (Lipinski definition) is 1. The van der Waals surface area contributed by atoms with Crippen LogP contribution in [-0.2, 0) is 19.6 Å². The number of amides is 1. The van der Waals surface area contributed by atoms with Crippen molar-refractivity contribution in [1.82, 2.24) is 9.29 Å². The van der Waals surface area contributed by atoms with Gasteiger partial charge < -0.3 is 10.1 Å². The molecule has 0 saturated carbocycles. The highest BCUT2D eigenvalue weighted by atomic mass is 32.2. The maximum absolute atomic E-state index is 12.5. The highest BCUT2D eigenvalue weighted by molar-refractivity contribution is 7.89. The Morgan fingerprint density at radius 2 is 2.29 bits per heavy atom. The fraction of sp³-hybridized carbons (Fsp3) is 0.625. The smallest absolute Gasteiger partial charge is 0.230 e. The van der Waals surface area contributed by atoms with Crippen LogP contribution in [0.3, 0.4) is 0 Å². The monoisotopic (exact) mass is 353 g/mol. The van der Waals surface area contributed by atoms with Crippen molar-refractivity contribution in [2.24, 2.45) is 5.92 Å². The first kappa shape index (κ1) is 17.3. The summed E-state index contributed by atoms with van der Waals surface area (Å²) in [6.45, 7) is 2.57. The van der Waals surface area contributed by atoms with Crippen LogP contribution in [0, 0.1) is 5.92 Å². The number of morpholine rings is 1. The molecule has 0 unspecified atom stereocenters. The van der Waals surface area contributed by atoms with Crippen molar-refractivity contribution in [2.75, 3.05) is 24.2 Å². The predicted molar refractivity (Wildman–Crippen MR) is 89.9 cm³/mol. The Hall–Kier alpha value is -1.51. The minimum Gasteiger partial charge on any atom is -0.371 e. The molecular weight excluding hydrogens is 330 g/mol. The summed E-state index contributed by atoms with van der Waals surface area (Å²) in [5.74, 6) is -0.306. The van der Waals surface area contributed by atoms with Gasteiger partial charge in [-0.15, -0.1) is 0 Å². The second kappa shape index (κ2) is 7.16. The van der Waals surface area contributed by atoms with Crippen LogP contribution in [0.4, 0.5) is 5.69 Å². The minimum absolute atomic E-state index is 0.136. The first-order valence-electron chi connectivity index (χ1n) is 8.34. The van der Waals surface area contributed by atoms with E-state index >= 15 is 0 Å². The third-order valence-corrected chi connectivity index (χ3v) is 6.43. The molecule has 0 spiro atoms. The van der Waals surface area contributed by atoms with Crippen molar-refractivity contribution in [3.8, 4) is 0 Å². The number of carbonyl (C=O) groups excluding carboxylic acids is 1. The molecule has 24 heavy (non-hydrogen) atoms. The molecule has 7 nitrogen and oxygen atoms in total. The average molecular weight is 353 g/mol. The minimum atomic E-state index is -3.27. The molecule has 1 aromatic heterocycles. The largest absolute Gasteiger partial charge is 0.371 e. The summed E-state index contributed by atoms with van der Waals surface area (Å²) in [6, 6.07) is 3.52. The summed E-state index contributed by atoms with van der Waals surface area (Å²) >= 11 is 0. The third kappa shape index (κ3) is 3.76. The van der Waals surface area contributed by atoms with Crippen LogP contribution in [0.5, 0.6) is 0 Å². The number of fused-ring (bicyclic) bond motifs is 2. The summed E-state index contributed by atoms with van der Waals surface area (Å²) < 4.78 is 32.1. The Balaban J connectivity index is 1.65. The molecular formula is C16H23N3O4S. The summed E-state index contributed by atoms with van der Waals surface area (Å²) in [7, 11) is -3.27. The molecule has 1 amide bonds. The van der Waals surface area contributed by atoms with E-state index in [9.17, 15) is 13.2 Å². The van der Waals surface area contributed by atoms with Gasteiger partial charge in [-0.3, -0.25) is 9.78 Å². The van der Waals surface area contributed by atoms with Gasteiger partial charge >= 0.3 is 0 Å². The first-order chi connectivity index (χ1) is 11.5. The lowest BCUT2D eigenvalue weighted by molar-refractivity contribution is -0.122. The lowest BCUT2D eigenvalue weighted by atomic mass is 9.99. The Morgan fingerprint density at radius 3 is 3.00 bits per heavy atom. The van der Waals surface area contributed by atoms with E-state index in [0.717, 1.165) is 6.42 Å². The van der Waals surface area contributed by atoms with Crippen LogP contribution >= 0.6 is 0 Å². The molecule has 132 valence electrons. The van der Waals surface area contributed by atoms with Crippen molar-refractivity contribution in [1.29, 1.82) is 0 Å². The number of nitrogens with one attached hydrogen (secondary N) is 1. The average Bonchev–Trinajstić information content (AvgIpc) is 2.88. The van der Waals surface area contributed by atoms with Gasteiger partial charge in [-0.2, -0.15) is 4.31 Å². The number of nitrogens with zero attached hydrogens (tertiary/aromatic N) is 2. The fourth-order valence-corrected chi connectivity index (χ4v) is 4.93. The highest BCUT2D eigenvalue weighted by Crippen LogP contribution is 2.34. The molecule has 0 aliphatic carbocycles. The van der Waals surface area contributed by atoms with E-state index in [0.29, 0.717) is 25.1 Å². The van der Waals surface area contributed by atoms with Crippen LogP contribution in [0.15, 0.2) is 24.5 Å². The molecule has 8 heteroatoms. The second-order valence-corrected chi connectivity index (χ2v) is 8.44. The molecule has 2 fully saturated rings. The molecule has 2 bridgehead atoms. The normalized spacial score (nSPS) is 27.1. The second-order valence-electron chi connectivity index (χ2n) is 6.36. The molecule has 3 atom stereocenters. The summed E-state index contributed by atoms with van der Waals surface area (Å²) in [5, 5.41) is 2.83. The molecule has 3 rings (SSSR count). The van der Waals surface area contributed by atoms with Gasteiger partial charge in [-0.05, 0) is 25.0 Å². The standard InChI is InChI=1S/C16H23N3O4S/c1-2-3-7-24(21,22)19-10-13-8-14(15(11-19)23-13)16(20)18-12-5-4-6-17-9-12/h4-6,9,13-15H,2-3,7-8,10-11H2,1H3,(H,18,20)/t13-,14+,15-/m1/s1. The Morgan fingerprint density at radius 1 is 1.46 bits per heavy atom. The van der Waals surface area contributed by atoms with Crippen LogP contribution in [-0.4, -0.2) is 54.7 Å². The molecule has 2 aliphatic heterocycles. The maximum Gasteiger partial charge on any atom is 0.230 e. The maximum atomic E-state index is 12.5. The van der Waals surface area contributed by atoms with Crippen molar-refractivity contribution in [3.05, 3.63) is 24.5 Å². The van der Waals surface area contributed by atoms with Gasteiger partial charge in [0.15, 0.2) is 0 Å². The van der Waals surface area contributed by atoms with Gasteiger partial charge in [0.25, 0.3) is 0 Å². The quantitative estimate of drug-likeness (QED) is 0.831. The van der Waals surface area contributed by atoms with Crippen molar-refractivity contribution < 1.29 is 17.9 Å². The molecule has 2 saturated heterocycles. The topological polar surface area (TPSA) is 88.6 Å². The number of anilines is 1. The lowest BCUT2D eigenvalue weighted by Crippen LogP contribution is -2.48. The number of unbranched alkanes of at least 4 members (excludes halogenated alkanes) is 1. The van der Waals surface area contributed by atoms with Gasteiger partial charge in [0.1, 0.15) is 0 Å². The van der Waals surface area contributed by atoms with Crippen LogP contribution in [0.2, 0.25) is 0 Å². The Bertz CT molecular complexity index is 680. The fourth-order valence-electron chi connectivity index (χ4n) is 3.25. The van der Waals surface area contributed by atoms with Gasteiger partial charge in [-0.25, -0.2) is 8.42 Å². The van der Waals surface area contributed by atoms with E-state index in [1.165, 1.54) is 4.31 Å². The van der Waals surface area contributed by atoms with Gasteiger partial charge in [-0.1, -0.05) is 13.3 Å². The summed E-state index contributed by atoms with van der Waals surface area (Å²) in [6.07, 6.45) is 4.69. The highest BCUT2D eigenvalue weighted by Gasteiger charge is 2.47. The van der Waals surface area contributed by atoms with Gasteiger partial charge in [0, 0.05) is 19.3 Å². The van der Waals surface area contributed by atoms with Gasteiger partial charge in [0.2, 0.25) is 15.9 Å².